The molecule has 4 aliphatic heterocycles. The summed E-state index contributed by atoms with van der Waals surface area (Å²) >= 11 is 0. The van der Waals surface area contributed by atoms with Crippen LogP contribution in [0.2, 0.25) is 0 Å². The molecule has 17 heteroatoms. The van der Waals surface area contributed by atoms with E-state index in [2.05, 4.69) is 286 Å². The number of nitrogens with one attached hydrogen (secondary N) is 4. The molecule has 1 aromatic heterocycles. The largest absolute Gasteiger partial charge is 2.00 e. The van der Waals surface area contributed by atoms with Crippen LogP contribution in [0.3, 0.4) is 0 Å². The van der Waals surface area contributed by atoms with Gasteiger partial charge in [-0.05, 0) is 249 Å². The van der Waals surface area contributed by atoms with Crippen LogP contribution in [0.15, 0.2) is 304 Å². The van der Waals surface area contributed by atoms with Crippen molar-refractivity contribution in [3.05, 3.63) is 462 Å². The van der Waals surface area contributed by atoms with Crippen LogP contribution in [-0.4, -0.2) is 89.6 Å². The number of ether oxygens (including phenoxy) is 6. The van der Waals surface area contributed by atoms with Crippen LogP contribution in [0.1, 0.15) is 197 Å². The van der Waals surface area contributed by atoms with Crippen LogP contribution in [0.25, 0.3) is 0 Å². The van der Waals surface area contributed by atoms with Crippen LogP contribution in [0, 0.1) is 63.7 Å². The molecular formula is C116H122ClFeN5O10+2. The number of pyridine rings is 1. The number of hydrogen-bond acceptors (Lipinski definition) is 10. The van der Waals surface area contributed by atoms with Crippen LogP contribution >= 0.6 is 0 Å². The Morgan fingerprint density at radius 3 is 0.872 bits per heavy atom. The molecule has 4 N–H and O–H groups in total. The topological polar surface area (TPSA) is 176 Å². The number of carbonyl (C=O) groups is 4. The average Bonchev–Trinajstić information content (AvgIpc) is 1.05. The molecule has 0 spiro atoms. The monoisotopic (exact) mass is 1840 g/mol. The number of carbonyl (C=O) groups excluding carboxylic acids is 4. The second kappa shape index (κ2) is 47.2. The molecular weight excluding hydrogens is 1710 g/mol. The van der Waals surface area contributed by atoms with E-state index in [9.17, 15) is 19.2 Å². The first-order valence-corrected chi connectivity index (χ1v) is 45.0. The Labute approximate surface area is 805 Å². The number of benzene rings is 11. The van der Waals surface area contributed by atoms with E-state index in [0.717, 1.165) is 56.0 Å². The molecule has 5 heterocycles. The van der Waals surface area contributed by atoms with Crippen molar-refractivity contribution < 1.29 is 81.6 Å². The van der Waals surface area contributed by atoms with Gasteiger partial charge in [0.05, 0.1) is 50.3 Å². The predicted octanol–water partition coefficient (Wildman–Crippen LogP) is 19.4. The zero-order valence-electron chi connectivity index (χ0n) is 78.4. The standard InChI is InChI=1S/C74H77N3O2.C37H39N2O8.C5H5.ClH.Fe/c1-69(2,3)53-24-32-59(33-25-53)73(57-20-16-14-17-21-57,60-34-26-54(27-35-60)70(4,5)6)63-40-44-65(45-41-63)75-67(78)51-48-52(50-77(13)49-51)68(79)76-66-46-42-64(43-47-66)74(58-22-18-15-19-23-58,61-36-28-55(29-37-61)71(7,8)9)62-38-30-56(31-39-62)72(10,11)12;40-36-30-25-29(28-5-1-2-6-28)26-31(27-30)37(41)39-16-20-45-33-9-13-35(14-10-33)47-24-22-43-18-4-3-17-42-21-23-46-34-11-7-32(8-12-34)44-19-15-38-36;1-2-4-5-3-1;;/h14-50H,1-13H3,(H-,75,76,78,79);1-14,25-27H,15-24H2,(H,38,40)(H,39,41);1-5H;1H;/q;;;;+2/b;4-3+;;;. The van der Waals surface area contributed by atoms with E-state index < -0.39 is 10.8 Å². The molecule has 6 bridgehead atoms. The maximum Gasteiger partial charge on any atom is 2.00 e. The van der Waals surface area contributed by atoms with Gasteiger partial charge in [-0.15, -0.1) is 0 Å². The number of amides is 4. The zero-order valence-corrected chi connectivity index (χ0v) is 80.3. The van der Waals surface area contributed by atoms with Gasteiger partial charge in [-0.25, -0.2) is 4.57 Å². The second-order valence-electron chi connectivity index (χ2n) is 37.0. The molecule has 11 aromatic carbocycles. The molecule has 2 aliphatic carbocycles. The normalized spacial score (nSPS) is 15.0. The van der Waals surface area contributed by atoms with Gasteiger partial charge in [-0.1, -0.05) is 277 Å². The molecule has 10 radical (unpaired) electrons. The summed E-state index contributed by atoms with van der Waals surface area (Å²) in [5.74, 6) is 2.37. The van der Waals surface area contributed by atoms with E-state index in [1.165, 1.54) is 22.3 Å². The van der Waals surface area contributed by atoms with Gasteiger partial charge in [0.15, 0.2) is 12.4 Å². The maximum absolute atomic E-state index is 14.2. The van der Waals surface area contributed by atoms with Crippen molar-refractivity contribution in [2.45, 2.75) is 116 Å². The van der Waals surface area contributed by atoms with E-state index in [1.54, 1.807) is 41.2 Å². The number of hydrogen-bond donors (Lipinski definition) is 4. The smallest absolute Gasteiger partial charge is 1.00 e. The number of rotatable bonds is 13. The van der Waals surface area contributed by atoms with Gasteiger partial charge in [0.2, 0.25) is 0 Å². The quantitative estimate of drug-likeness (QED) is 0.0376. The summed E-state index contributed by atoms with van der Waals surface area (Å²) in [7, 11) is 1.83. The minimum Gasteiger partial charge on any atom is -1.00 e. The Morgan fingerprint density at radius 2 is 0.579 bits per heavy atom. The van der Waals surface area contributed by atoms with Crippen molar-refractivity contribution >= 4 is 35.0 Å². The molecule has 18 rings (SSSR count). The second-order valence-corrected chi connectivity index (χ2v) is 37.0. The predicted molar refractivity (Wildman–Crippen MR) is 526 cm³/mol. The minimum absolute atomic E-state index is 0. The average molecular weight is 1840 g/mol. The summed E-state index contributed by atoms with van der Waals surface area (Å²) in [5, 5.41) is 12.1. The molecule has 684 valence electrons. The van der Waals surface area contributed by atoms with Gasteiger partial charge in [-0.3, -0.25) is 19.2 Å². The molecule has 0 unspecified atom stereocenters. The van der Waals surface area contributed by atoms with Crippen LogP contribution < -0.4 is 57.2 Å². The Kier molecular flexibility index (Phi) is 36.0. The summed E-state index contributed by atoms with van der Waals surface area (Å²) in [4.78, 5) is 54.7. The van der Waals surface area contributed by atoms with Gasteiger partial charge < -0.3 is 62.1 Å². The molecule has 0 atom stereocenters. The molecule has 12 aromatic rings. The zero-order chi connectivity index (χ0) is 92.6. The van der Waals surface area contributed by atoms with Gasteiger partial charge in [0, 0.05) is 28.4 Å². The molecule has 2 saturated carbocycles. The molecule has 4 amide bonds. The first-order chi connectivity index (χ1) is 63.0. The molecule has 6 aliphatic rings. The Hall–Kier alpha value is -11.9. The summed E-state index contributed by atoms with van der Waals surface area (Å²) in [6.07, 6.45) is 25.0. The number of halogens is 1. The maximum atomic E-state index is 14.2. The summed E-state index contributed by atoms with van der Waals surface area (Å²) < 4.78 is 35.9. The number of nitrogens with zero attached hydrogens (tertiary/aromatic N) is 1. The summed E-state index contributed by atoms with van der Waals surface area (Å²) in [6, 6.07) is 95.4. The van der Waals surface area contributed by atoms with E-state index in [4.69, 9.17) is 28.4 Å². The van der Waals surface area contributed by atoms with Crippen molar-refractivity contribution in [2.24, 2.45) is 7.05 Å². The number of aryl methyl sites for hydroxylation is 1. The fourth-order valence-electron chi connectivity index (χ4n) is 16.2. The van der Waals surface area contributed by atoms with Gasteiger partial charge in [0.1, 0.15) is 67.6 Å². The van der Waals surface area contributed by atoms with E-state index in [0.29, 0.717) is 96.3 Å². The van der Waals surface area contributed by atoms with Crippen LogP contribution in [-0.2, 0) is 66.1 Å². The SMILES string of the molecule is C[n+]1cc(C(=O)Nc2ccc(C(c3ccccc3)(c3ccc(C(C)(C)C)cc3)c3ccc(C(C)(C)C)cc3)cc2)cc(C(=O)Nc2ccc(C(c3ccccc3)(c3ccc(C(C)(C)C)cc3)c3ccc(C(C)(C)C)cc3)cc2)c1.O=C1NCCOc2ccc(cc2)OCCOC/C=C/COCCOc2ccc(cc2)OCCNC(=O)c2cc([C]3[CH][CH][CH][CH]3)cc1c2.[CH]1[CH][CH][CH][CH]1.[Cl-].[Fe+2]. The van der Waals surface area contributed by atoms with Crippen LogP contribution in [0.4, 0.5) is 11.4 Å². The first kappa shape index (κ1) is 102. The molecule has 0 saturated heterocycles. The van der Waals surface area contributed by atoms with E-state index >= 15 is 0 Å². The van der Waals surface area contributed by atoms with E-state index in [-0.39, 0.29) is 101 Å². The first-order valence-electron chi connectivity index (χ1n) is 45.0. The van der Waals surface area contributed by atoms with Gasteiger partial charge >= 0.3 is 17.1 Å². The fraction of sp³-hybridized carbons (Fsp3) is 0.250. The third kappa shape index (κ3) is 27.0. The molecule has 15 nitrogen and oxygen atoms in total. The Morgan fingerprint density at radius 1 is 0.316 bits per heavy atom. The van der Waals surface area contributed by atoms with E-state index in [1.807, 2.05) is 150 Å². The Bertz CT molecular complexity index is 5280. The van der Waals surface area contributed by atoms with Crippen molar-refractivity contribution in [3.8, 4) is 23.0 Å². The van der Waals surface area contributed by atoms with Crippen molar-refractivity contribution in [1.29, 1.82) is 0 Å². The minimum atomic E-state index is -0.672. The fourth-order valence-corrected chi connectivity index (χ4v) is 16.2. The van der Waals surface area contributed by atoms with Gasteiger partial charge in [0.25, 0.3) is 23.6 Å². The molecule has 133 heavy (non-hydrogen) atoms. The molecule has 2 fully saturated rings. The summed E-state index contributed by atoms with van der Waals surface area (Å²) in [5.41, 5.74) is 16.2. The third-order valence-corrected chi connectivity index (χ3v) is 23.4. The number of aromatic nitrogens is 1. The van der Waals surface area contributed by atoms with Crippen molar-refractivity contribution in [2.75, 3.05) is 76.6 Å². The van der Waals surface area contributed by atoms with Crippen LogP contribution in [0.5, 0.6) is 23.0 Å². The van der Waals surface area contributed by atoms with Gasteiger partial charge in [-0.2, -0.15) is 0 Å². The van der Waals surface area contributed by atoms with Crippen molar-refractivity contribution in [3.63, 3.8) is 0 Å². The summed E-state index contributed by atoms with van der Waals surface area (Å²) in [6.45, 7) is 30.7. The van der Waals surface area contributed by atoms with Crippen molar-refractivity contribution in [1.82, 2.24) is 10.6 Å². The Balaban J connectivity index is 0.000000267. The third-order valence-electron chi connectivity index (χ3n) is 23.4. The number of anilines is 2.